The summed E-state index contributed by atoms with van der Waals surface area (Å²) in [6.07, 6.45) is 4.12. The molecule has 0 unspecified atom stereocenters. The molecule has 0 radical (unpaired) electrons. The molecule has 0 spiro atoms. The lowest BCUT2D eigenvalue weighted by atomic mass is 9.72. The van der Waals surface area contributed by atoms with Crippen LogP contribution in [0.15, 0.2) is 0 Å². The molecule has 0 heterocycles. The fourth-order valence-corrected chi connectivity index (χ4v) is 2.54. The third-order valence-electron chi connectivity index (χ3n) is 4.29. The molecule has 0 bridgehead atoms. The first-order valence-electron chi connectivity index (χ1n) is 6.75. The average Bonchev–Trinajstić information content (AvgIpc) is 3.06. The van der Waals surface area contributed by atoms with Gasteiger partial charge in [0.2, 0.25) is 11.8 Å². The molecule has 18 heavy (non-hydrogen) atoms. The van der Waals surface area contributed by atoms with E-state index < -0.39 is 0 Å². The van der Waals surface area contributed by atoms with Gasteiger partial charge in [0.1, 0.15) is 0 Å². The number of hydrogen-bond donors (Lipinski definition) is 1. The van der Waals surface area contributed by atoms with E-state index in [1.54, 1.807) is 4.90 Å². The molecule has 5 nitrogen and oxygen atoms in total. The Kier molecular flexibility index (Phi) is 3.90. The van der Waals surface area contributed by atoms with Crippen LogP contribution in [0.3, 0.4) is 0 Å². The molecule has 2 N–H and O–H groups in total. The fourth-order valence-electron chi connectivity index (χ4n) is 2.54. The molecule has 0 aromatic rings. The minimum absolute atomic E-state index is 0.0780. The zero-order valence-corrected chi connectivity index (χ0v) is 11.3. The molecule has 2 rings (SSSR count). The van der Waals surface area contributed by atoms with Crippen molar-refractivity contribution in [1.29, 1.82) is 0 Å². The fraction of sp³-hybridized carbons (Fsp3) is 0.846. The van der Waals surface area contributed by atoms with E-state index in [1.807, 2.05) is 7.05 Å². The van der Waals surface area contributed by atoms with Crippen molar-refractivity contribution in [3.63, 3.8) is 0 Å². The van der Waals surface area contributed by atoms with Crippen LogP contribution >= 0.6 is 0 Å². The van der Waals surface area contributed by atoms with Crippen LogP contribution in [0, 0.1) is 11.8 Å². The van der Waals surface area contributed by atoms with Crippen LogP contribution in [0.4, 0.5) is 0 Å². The van der Waals surface area contributed by atoms with Crippen molar-refractivity contribution in [3.8, 4) is 0 Å². The second kappa shape index (κ2) is 5.26. The van der Waals surface area contributed by atoms with Crippen molar-refractivity contribution >= 4 is 11.8 Å². The van der Waals surface area contributed by atoms with Gasteiger partial charge in [-0.15, -0.1) is 0 Å². The first-order chi connectivity index (χ1) is 8.50. The van der Waals surface area contributed by atoms with Crippen LogP contribution in [0.5, 0.6) is 0 Å². The van der Waals surface area contributed by atoms with Gasteiger partial charge in [-0.2, -0.15) is 0 Å². The number of amides is 2. The van der Waals surface area contributed by atoms with Crippen LogP contribution < -0.4 is 5.73 Å². The molecule has 102 valence electrons. The van der Waals surface area contributed by atoms with Crippen molar-refractivity contribution in [2.45, 2.75) is 31.7 Å². The van der Waals surface area contributed by atoms with Crippen LogP contribution in [-0.2, 0) is 9.59 Å². The highest BCUT2D eigenvalue weighted by Gasteiger charge is 2.41. The zero-order chi connectivity index (χ0) is 13.3. The van der Waals surface area contributed by atoms with Crippen molar-refractivity contribution in [2.75, 3.05) is 27.2 Å². The largest absolute Gasteiger partial charge is 0.369 e. The van der Waals surface area contributed by atoms with Gasteiger partial charge in [0.05, 0.1) is 0 Å². The number of likely N-dealkylation sites (N-methyl/N-ethyl adjacent to an activating group) is 2. The molecule has 2 atom stereocenters. The number of carbonyl (C=O) groups is 2. The summed E-state index contributed by atoms with van der Waals surface area (Å²) in [5, 5.41) is 0. The highest BCUT2D eigenvalue weighted by atomic mass is 16.2. The van der Waals surface area contributed by atoms with Crippen LogP contribution in [0.1, 0.15) is 25.7 Å². The summed E-state index contributed by atoms with van der Waals surface area (Å²) >= 11 is 0. The van der Waals surface area contributed by atoms with Gasteiger partial charge in [-0.1, -0.05) is 0 Å². The van der Waals surface area contributed by atoms with E-state index in [0.717, 1.165) is 32.0 Å². The number of rotatable bonds is 6. The maximum atomic E-state index is 12.1. The monoisotopic (exact) mass is 253 g/mol. The lowest BCUT2D eigenvalue weighted by Crippen LogP contribution is -2.48. The molecule has 0 saturated heterocycles. The summed E-state index contributed by atoms with van der Waals surface area (Å²) in [6, 6.07) is 0.718. The van der Waals surface area contributed by atoms with Gasteiger partial charge in [0, 0.05) is 38.0 Å². The SMILES string of the molecule is CN(CCN(C)C1CC1)C(=O)[C@@H]1CC[C@@H]1C(N)=O. The molecule has 2 saturated carbocycles. The minimum atomic E-state index is -0.330. The Morgan fingerprint density at radius 2 is 1.67 bits per heavy atom. The van der Waals surface area contributed by atoms with Gasteiger partial charge in [-0.3, -0.25) is 9.59 Å². The smallest absolute Gasteiger partial charge is 0.226 e. The minimum Gasteiger partial charge on any atom is -0.369 e. The number of nitrogens with two attached hydrogens (primary N) is 1. The maximum absolute atomic E-state index is 12.1. The molecular formula is C13H23N3O2. The predicted molar refractivity (Wildman–Crippen MR) is 68.7 cm³/mol. The van der Waals surface area contributed by atoms with E-state index in [2.05, 4.69) is 11.9 Å². The molecular weight excluding hydrogens is 230 g/mol. The van der Waals surface area contributed by atoms with E-state index in [1.165, 1.54) is 12.8 Å². The highest BCUT2D eigenvalue weighted by Crippen LogP contribution is 2.35. The third kappa shape index (κ3) is 2.83. The summed E-state index contributed by atoms with van der Waals surface area (Å²) in [7, 11) is 3.92. The number of carbonyl (C=O) groups excluding carboxylic acids is 2. The lowest BCUT2D eigenvalue weighted by molar-refractivity contribution is -0.145. The average molecular weight is 253 g/mol. The summed E-state index contributed by atoms with van der Waals surface area (Å²) in [5.74, 6) is -0.655. The Bertz CT molecular complexity index is 341. The second-order valence-corrected chi connectivity index (χ2v) is 5.66. The molecule has 2 fully saturated rings. The number of nitrogens with zero attached hydrogens (tertiary/aromatic N) is 2. The first kappa shape index (κ1) is 13.3. The Hall–Kier alpha value is -1.10. The van der Waals surface area contributed by atoms with Crippen molar-refractivity contribution in [1.82, 2.24) is 9.80 Å². The van der Waals surface area contributed by atoms with Crippen LogP contribution in [0.25, 0.3) is 0 Å². The summed E-state index contributed by atoms with van der Waals surface area (Å²) < 4.78 is 0. The van der Waals surface area contributed by atoms with E-state index in [4.69, 9.17) is 5.73 Å². The van der Waals surface area contributed by atoms with Crippen molar-refractivity contribution in [2.24, 2.45) is 17.6 Å². The third-order valence-corrected chi connectivity index (χ3v) is 4.29. The van der Waals surface area contributed by atoms with Gasteiger partial charge in [-0.25, -0.2) is 0 Å². The van der Waals surface area contributed by atoms with Gasteiger partial charge >= 0.3 is 0 Å². The number of primary amides is 1. The molecule has 0 aromatic carbocycles. The van der Waals surface area contributed by atoms with E-state index in [9.17, 15) is 9.59 Å². The molecule has 2 aliphatic carbocycles. The topological polar surface area (TPSA) is 66.6 Å². The van der Waals surface area contributed by atoms with Gasteiger partial charge in [0.25, 0.3) is 0 Å². The summed E-state index contributed by atoms with van der Waals surface area (Å²) in [4.78, 5) is 27.3. The number of hydrogen-bond acceptors (Lipinski definition) is 3. The normalized spacial score (nSPS) is 26.8. The predicted octanol–water partition coefficient (Wildman–Crippen LogP) is 0.0505. The van der Waals surface area contributed by atoms with Gasteiger partial charge in [0.15, 0.2) is 0 Å². The van der Waals surface area contributed by atoms with Crippen molar-refractivity contribution < 1.29 is 9.59 Å². The quantitative estimate of drug-likeness (QED) is 0.727. The van der Waals surface area contributed by atoms with Crippen LogP contribution in [-0.4, -0.2) is 54.8 Å². The lowest BCUT2D eigenvalue weighted by Gasteiger charge is -2.36. The maximum Gasteiger partial charge on any atom is 0.226 e. The summed E-state index contributed by atoms with van der Waals surface area (Å²) in [5.41, 5.74) is 5.28. The van der Waals surface area contributed by atoms with E-state index >= 15 is 0 Å². The van der Waals surface area contributed by atoms with Gasteiger partial charge in [-0.05, 0) is 32.7 Å². The standard InChI is InChI=1S/C13H23N3O2/c1-15(9-3-4-9)7-8-16(2)13(18)11-6-5-10(11)12(14)17/h9-11H,3-8H2,1-2H3,(H2,14,17)/t10-,11+/m0/s1. The molecule has 0 aromatic heterocycles. The van der Waals surface area contributed by atoms with E-state index in [0.29, 0.717) is 0 Å². The second-order valence-electron chi connectivity index (χ2n) is 5.66. The Labute approximate surface area is 108 Å². The molecule has 2 amide bonds. The summed E-state index contributed by atoms with van der Waals surface area (Å²) in [6.45, 7) is 1.63. The van der Waals surface area contributed by atoms with Gasteiger partial charge < -0.3 is 15.5 Å². The zero-order valence-electron chi connectivity index (χ0n) is 11.3. The Morgan fingerprint density at radius 1 is 1.06 bits per heavy atom. The molecule has 5 heteroatoms. The molecule has 0 aliphatic heterocycles. The first-order valence-corrected chi connectivity index (χ1v) is 6.75. The van der Waals surface area contributed by atoms with Crippen LogP contribution in [0.2, 0.25) is 0 Å². The van der Waals surface area contributed by atoms with E-state index in [-0.39, 0.29) is 23.7 Å². The Morgan fingerprint density at radius 3 is 2.11 bits per heavy atom. The van der Waals surface area contributed by atoms with Crippen molar-refractivity contribution in [3.05, 3.63) is 0 Å². The highest BCUT2D eigenvalue weighted by molar-refractivity contribution is 5.88. The Balaban J connectivity index is 1.75. The molecule has 2 aliphatic rings.